The van der Waals surface area contributed by atoms with E-state index in [0.29, 0.717) is 32.4 Å². The van der Waals surface area contributed by atoms with Gasteiger partial charge in [0.1, 0.15) is 5.75 Å². The van der Waals surface area contributed by atoms with Gasteiger partial charge in [0.2, 0.25) is 0 Å². The zero-order valence-electron chi connectivity index (χ0n) is 16.4. The minimum atomic E-state index is -0.435. The SMILES string of the molecule is COC(=O)CCn1c(SCC(=O)c2ccc(OC)c(Cl)c2)nc2ccccc2c1=O. The number of para-hydroxylation sites is 1. The van der Waals surface area contributed by atoms with Gasteiger partial charge in [-0.2, -0.15) is 0 Å². The smallest absolute Gasteiger partial charge is 0.307 e. The molecule has 0 saturated carbocycles. The van der Waals surface area contributed by atoms with Crippen molar-refractivity contribution in [2.45, 2.75) is 18.1 Å². The van der Waals surface area contributed by atoms with E-state index >= 15 is 0 Å². The first-order valence-electron chi connectivity index (χ1n) is 9.00. The van der Waals surface area contributed by atoms with E-state index < -0.39 is 5.97 Å². The second-order valence-corrected chi connectivity index (χ2v) is 7.61. The highest BCUT2D eigenvalue weighted by Crippen LogP contribution is 2.26. The molecule has 0 bridgehead atoms. The topological polar surface area (TPSA) is 87.5 Å². The summed E-state index contributed by atoms with van der Waals surface area (Å²) >= 11 is 7.23. The zero-order chi connectivity index (χ0) is 21.7. The fourth-order valence-electron chi connectivity index (χ4n) is 2.81. The van der Waals surface area contributed by atoms with Gasteiger partial charge in [0.25, 0.3) is 5.56 Å². The highest BCUT2D eigenvalue weighted by Gasteiger charge is 2.16. The number of ether oxygens (including phenoxy) is 2. The van der Waals surface area contributed by atoms with E-state index in [9.17, 15) is 14.4 Å². The number of esters is 1. The van der Waals surface area contributed by atoms with Gasteiger partial charge in [-0.1, -0.05) is 35.5 Å². The molecule has 1 aromatic heterocycles. The van der Waals surface area contributed by atoms with Crippen LogP contribution in [0, 0.1) is 0 Å². The molecule has 0 radical (unpaired) electrons. The van der Waals surface area contributed by atoms with E-state index in [4.69, 9.17) is 16.3 Å². The van der Waals surface area contributed by atoms with E-state index in [-0.39, 0.29) is 30.1 Å². The Labute approximate surface area is 182 Å². The van der Waals surface area contributed by atoms with Crippen LogP contribution in [0.25, 0.3) is 10.9 Å². The van der Waals surface area contributed by atoms with Crippen LogP contribution in [0.1, 0.15) is 16.8 Å². The standard InChI is InChI=1S/C21H19ClN2O5S/c1-28-18-8-7-13(11-15(18)22)17(25)12-30-21-23-16-6-4-3-5-14(16)20(27)24(21)10-9-19(26)29-2/h3-8,11H,9-10,12H2,1-2H3. The minimum absolute atomic E-state index is 0.0199. The van der Waals surface area contributed by atoms with Gasteiger partial charge in [-0.05, 0) is 30.3 Å². The number of rotatable bonds is 8. The first-order chi connectivity index (χ1) is 14.4. The summed E-state index contributed by atoms with van der Waals surface area (Å²) in [4.78, 5) is 41.6. The summed E-state index contributed by atoms with van der Waals surface area (Å²) in [6.45, 7) is 0.105. The molecule has 0 aliphatic heterocycles. The Morgan fingerprint density at radius 1 is 1.17 bits per heavy atom. The van der Waals surface area contributed by atoms with Crippen LogP contribution in [0.4, 0.5) is 0 Å². The molecule has 3 rings (SSSR count). The number of carbonyl (C=O) groups is 2. The lowest BCUT2D eigenvalue weighted by Crippen LogP contribution is -2.25. The number of hydrogen-bond donors (Lipinski definition) is 0. The molecule has 0 fully saturated rings. The fraction of sp³-hybridized carbons (Fsp3) is 0.238. The molecule has 7 nitrogen and oxygen atoms in total. The molecule has 30 heavy (non-hydrogen) atoms. The number of methoxy groups -OCH3 is 2. The van der Waals surface area contributed by atoms with Crippen molar-refractivity contribution < 1.29 is 19.1 Å². The quantitative estimate of drug-likeness (QED) is 0.226. The number of thioether (sulfide) groups is 1. The van der Waals surface area contributed by atoms with Crippen LogP contribution >= 0.6 is 23.4 Å². The number of nitrogens with zero attached hydrogens (tertiary/aromatic N) is 2. The van der Waals surface area contributed by atoms with Crippen molar-refractivity contribution in [1.82, 2.24) is 9.55 Å². The summed E-state index contributed by atoms with van der Waals surface area (Å²) in [5.74, 6) is -0.0822. The van der Waals surface area contributed by atoms with Crippen LogP contribution < -0.4 is 10.3 Å². The number of halogens is 1. The predicted octanol–water partition coefficient (Wildman–Crippen LogP) is 3.60. The van der Waals surface area contributed by atoms with Crippen molar-refractivity contribution in [2.24, 2.45) is 0 Å². The Hall–Kier alpha value is -2.84. The lowest BCUT2D eigenvalue weighted by Gasteiger charge is -2.12. The summed E-state index contributed by atoms with van der Waals surface area (Å²) in [6, 6.07) is 11.7. The van der Waals surface area contributed by atoms with Gasteiger partial charge in [-0.25, -0.2) is 4.98 Å². The monoisotopic (exact) mass is 446 g/mol. The van der Waals surface area contributed by atoms with Gasteiger partial charge in [0, 0.05) is 12.1 Å². The number of Topliss-reactive ketones (excluding diaryl/α,β-unsaturated/α-hetero) is 1. The fourth-order valence-corrected chi connectivity index (χ4v) is 3.99. The third kappa shape index (κ3) is 4.83. The van der Waals surface area contributed by atoms with E-state index in [1.54, 1.807) is 42.5 Å². The van der Waals surface area contributed by atoms with Crippen LogP contribution in [0.15, 0.2) is 52.4 Å². The number of fused-ring (bicyclic) bond motifs is 1. The first-order valence-corrected chi connectivity index (χ1v) is 10.4. The largest absolute Gasteiger partial charge is 0.495 e. The first kappa shape index (κ1) is 21.9. The van der Waals surface area contributed by atoms with Crippen molar-refractivity contribution in [3.8, 4) is 5.75 Å². The van der Waals surface area contributed by atoms with E-state index in [0.717, 1.165) is 11.8 Å². The maximum Gasteiger partial charge on any atom is 0.307 e. The van der Waals surface area contributed by atoms with Gasteiger partial charge >= 0.3 is 5.97 Å². The molecule has 0 atom stereocenters. The maximum absolute atomic E-state index is 12.9. The molecule has 0 N–H and O–H groups in total. The van der Waals surface area contributed by atoms with Crippen molar-refractivity contribution in [3.63, 3.8) is 0 Å². The van der Waals surface area contributed by atoms with Gasteiger partial charge in [-0.3, -0.25) is 19.0 Å². The van der Waals surface area contributed by atoms with Crippen LogP contribution in [0.3, 0.4) is 0 Å². The van der Waals surface area contributed by atoms with Crippen molar-refractivity contribution in [3.05, 3.63) is 63.4 Å². The van der Waals surface area contributed by atoms with Crippen LogP contribution in [0.2, 0.25) is 5.02 Å². The van der Waals surface area contributed by atoms with Crippen LogP contribution in [0.5, 0.6) is 5.75 Å². The molecule has 9 heteroatoms. The highest BCUT2D eigenvalue weighted by atomic mass is 35.5. The normalized spacial score (nSPS) is 10.8. The average Bonchev–Trinajstić information content (AvgIpc) is 2.76. The zero-order valence-corrected chi connectivity index (χ0v) is 18.0. The van der Waals surface area contributed by atoms with Crippen molar-refractivity contribution in [1.29, 1.82) is 0 Å². The molecule has 0 saturated heterocycles. The Morgan fingerprint density at radius 3 is 2.63 bits per heavy atom. The molecule has 0 spiro atoms. The molecule has 0 unspecified atom stereocenters. The Bertz CT molecular complexity index is 1160. The molecule has 3 aromatic rings. The molecule has 0 aliphatic carbocycles. The molecule has 0 aliphatic rings. The number of benzene rings is 2. The minimum Gasteiger partial charge on any atom is -0.495 e. The summed E-state index contributed by atoms with van der Waals surface area (Å²) in [6.07, 6.45) is 0.0199. The number of ketones is 1. The van der Waals surface area contributed by atoms with Gasteiger partial charge < -0.3 is 9.47 Å². The van der Waals surface area contributed by atoms with Crippen LogP contribution in [-0.2, 0) is 16.1 Å². The summed E-state index contributed by atoms with van der Waals surface area (Å²) < 4.78 is 11.2. The number of hydrogen-bond acceptors (Lipinski definition) is 7. The molecule has 156 valence electrons. The third-order valence-corrected chi connectivity index (χ3v) is 5.67. The van der Waals surface area contributed by atoms with E-state index in [2.05, 4.69) is 9.72 Å². The maximum atomic E-state index is 12.9. The van der Waals surface area contributed by atoms with E-state index in [1.807, 2.05) is 0 Å². The third-order valence-electron chi connectivity index (χ3n) is 4.40. The number of aromatic nitrogens is 2. The second kappa shape index (κ2) is 9.77. The van der Waals surface area contributed by atoms with Crippen molar-refractivity contribution >= 4 is 46.0 Å². The summed E-state index contributed by atoms with van der Waals surface area (Å²) in [5.41, 5.74) is 0.684. The molecular weight excluding hydrogens is 428 g/mol. The summed E-state index contributed by atoms with van der Waals surface area (Å²) in [7, 11) is 2.79. The summed E-state index contributed by atoms with van der Waals surface area (Å²) in [5, 5.41) is 1.14. The number of carbonyl (C=O) groups excluding carboxylic acids is 2. The Morgan fingerprint density at radius 2 is 1.93 bits per heavy atom. The lowest BCUT2D eigenvalue weighted by molar-refractivity contribution is -0.140. The molecule has 1 heterocycles. The Kier molecular flexibility index (Phi) is 7.12. The lowest BCUT2D eigenvalue weighted by atomic mass is 10.1. The van der Waals surface area contributed by atoms with Crippen LogP contribution in [-0.4, -0.2) is 41.3 Å². The predicted molar refractivity (Wildman–Crippen MR) is 116 cm³/mol. The van der Waals surface area contributed by atoms with Crippen molar-refractivity contribution in [2.75, 3.05) is 20.0 Å². The molecule has 0 amide bonds. The molecule has 2 aromatic carbocycles. The van der Waals surface area contributed by atoms with Gasteiger partial charge in [0.05, 0.1) is 42.3 Å². The Balaban J connectivity index is 1.88. The molecular formula is C21H19ClN2O5S. The van der Waals surface area contributed by atoms with Gasteiger partial charge in [0.15, 0.2) is 10.9 Å². The average molecular weight is 447 g/mol. The van der Waals surface area contributed by atoms with E-state index in [1.165, 1.54) is 18.8 Å². The van der Waals surface area contributed by atoms with Gasteiger partial charge in [-0.15, -0.1) is 0 Å². The highest BCUT2D eigenvalue weighted by molar-refractivity contribution is 7.99. The second-order valence-electron chi connectivity index (χ2n) is 6.26.